The molecule has 8 heteroatoms. The third kappa shape index (κ3) is 4.76. The molecule has 0 unspecified atom stereocenters. The molecule has 0 N–H and O–H groups in total. The van der Waals surface area contributed by atoms with Gasteiger partial charge in [0, 0.05) is 18.6 Å². The highest BCUT2D eigenvalue weighted by molar-refractivity contribution is 5.96. The molecule has 1 aromatic carbocycles. The van der Waals surface area contributed by atoms with Crippen molar-refractivity contribution in [3.05, 3.63) is 29.3 Å². The van der Waals surface area contributed by atoms with Crippen LogP contribution in [0.15, 0.2) is 12.1 Å². The Labute approximate surface area is 111 Å². The molecule has 0 saturated heterocycles. The standard InChI is InChI=1S/C12H11F5O3/c1-19-7-4-8(13)11(9(14)5-7)10(18)2-3-20-6-12(15,16)17/h4-5H,2-3,6H2,1H3. The number of carbonyl (C=O) groups excluding carboxylic acids is 1. The zero-order valence-corrected chi connectivity index (χ0v) is 10.4. The first kappa shape index (κ1) is 16.4. The highest BCUT2D eigenvalue weighted by Crippen LogP contribution is 2.22. The summed E-state index contributed by atoms with van der Waals surface area (Å²) in [5.74, 6) is -3.36. The fraction of sp³-hybridized carbons (Fsp3) is 0.417. The molecule has 0 fully saturated rings. The highest BCUT2D eigenvalue weighted by atomic mass is 19.4. The lowest BCUT2D eigenvalue weighted by Gasteiger charge is -2.08. The van der Waals surface area contributed by atoms with Crippen molar-refractivity contribution >= 4 is 5.78 Å². The maximum Gasteiger partial charge on any atom is 0.411 e. The molecule has 0 heterocycles. The number of hydrogen-bond donors (Lipinski definition) is 0. The summed E-state index contributed by atoms with van der Waals surface area (Å²) in [7, 11) is 1.20. The van der Waals surface area contributed by atoms with Gasteiger partial charge in [0.15, 0.2) is 5.78 Å². The van der Waals surface area contributed by atoms with Crippen molar-refractivity contribution in [3.8, 4) is 5.75 Å². The van der Waals surface area contributed by atoms with Crippen molar-refractivity contribution in [2.75, 3.05) is 20.3 Å². The van der Waals surface area contributed by atoms with E-state index in [0.29, 0.717) is 0 Å². The number of halogens is 5. The topological polar surface area (TPSA) is 35.5 Å². The fourth-order valence-electron chi connectivity index (χ4n) is 1.41. The fourth-order valence-corrected chi connectivity index (χ4v) is 1.41. The normalized spacial score (nSPS) is 11.5. The van der Waals surface area contributed by atoms with Crippen LogP contribution in [0.2, 0.25) is 0 Å². The molecule has 0 amide bonds. The number of Topliss-reactive ketones (excluding diaryl/α,β-unsaturated/α-hetero) is 1. The number of ketones is 1. The molecule has 20 heavy (non-hydrogen) atoms. The molecule has 0 aliphatic carbocycles. The molecule has 3 nitrogen and oxygen atoms in total. The van der Waals surface area contributed by atoms with E-state index in [9.17, 15) is 26.7 Å². The van der Waals surface area contributed by atoms with E-state index in [4.69, 9.17) is 0 Å². The van der Waals surface area contributed by atoms with Gasteiger partial charge in [-0.15, -0.1) is 0 Å². The van der Waals surface area contributed by atoms with Gasteiger partial charge < -0.3 is 9.47 Å². The number of rotatable bonds is 6. The van der Waals surface area contributed by atoms with E-state index in [1.807, 2.05) is 0 Å². The summed E-state index contributed by atoms with van der Waals surface area (Å²) in [4.78, 5) is 11.5. The quantitative estimate of drug-likeness (QED) is 0.460. The van der Waals surface area contributed by atoms with E-state index in [1.165, 1.54) is 7.11 Å². The average molecular weight is 298 g/mol. The summed E-state index contributed by atoms with van der Waals surface area (Å²) in [6.07, 6.45) is -5.07. The lowest BCUT2D eigenvalue weighted by molar-refractivity contribution is -0.173. The van der Waals surface area contributed by atoms with Gasteiger partial charge in [-0.2, -0.15) is 13.2 Å². The second kappa shape index (κ2) is 6.65. The molecule has 0 bridgehead atoms. The first-order valence-corrected chi connectivity index (χ1v) is 5.45. The molecule has 0 aromatic heterocycles. The molecule has 0 radical (unpaired) electrons. The second-order valence-corrected chi connectivity index (χ2v) is 3.81. The molecule has 0 spiro atoms. The maximum atomic E-state index is 13.5. The minimum Gasteiger partial charge on any atom is -0.497 e. The molecule has 0 saturated carbocycles. The smallest absolute Gasteiger partial charge is 0.411 e. The molecule has 0 aliphatic heterocycles. The Bertz CT molecular complexity index is 461. The van der Waals surface area contributed by atoms with Crippen molar-refractivity contribution in [2.24, 2.45) is 0 Å². The average Bonchev–Trinajstić information content (AvgIpc) is 2.32. The van der Waals surface area contributed by atoms with E-state index in [2.05, 4.69) is 9.47 Å². The van der Waals surface area contributed by atoms with Crippen LogP contribution in [0.25, 0.3) is 0 Å². The van der Waals surface area contributed by atoms with Crippen molar-refractivity contribution in [1.82, 2.24) is 0 Å². The van der Waals surface area contributed by atoms with Crippen LogP contribution < -0.4 is 4.74 Å². The zero-order chi connectivity index (χ0) is 15.3. The SMILES string of the molecule is COc1cc(F)c(C(=O)CCOCC(F)(F)F)c(F)c1. The summed E-state index contributed by atoms with van der Waals surface area (Å²) >= 11 is 0. The van der Waals surface area contributed by atoms with Gasteiger partial charge in [-0.3, -0.25) is 4.79 Å². The number of methoxy groups -OCH3 is 1. The first-order valence-electron chi connectivity index (χ1n) is 5.45. The van der Waals surface area contributed by atoms with E-state index >= 15 is 0 Å². The molecule has 1 aromatic rings. The molecule has 0 aliphatic rings. The summed E-state index contributed by atoms with van der Waals surface area (Å²) in [6, 6.07) is 1.62. The van der Waals surface area contributed by atoms with Gasteiger partial charge in [0.2, 0.25) is 0 Å². The van der Waals surface area contributed by atoms with Crippen molar-refractivity contribution < 1.29 is 36.2 Å². The number of carbonyl (C=O) groups is 1. The van der Waals surface area contributed by atoms with Gasteiger partial charge in [-0.25, -0.2) is 8.78 Å². The number of ether oxygens (including phenoxy) is 2. The molecule has 112 valence electrons. The predicted molar refractivity (Wildman–Crippen MR) is 58.7 cm³/mol. The summed E-state index contributed by atoms with van der Waals surface area (Å²) < 4.78 is 71.1. The summed E-state index contributed by atoms with van der Waals surface area (Å²) in [5.41, 5.74) is -0.818. The minimum atomic E-state index is -4.51. The van der Waals surface area contributed by atoms with Crippen LogP contribution in [0, 0.1) is 11.6 Å². The van der Waals surface area contributed by atoms with E-state index in [-0.39, 0.29) is 5.75 Å². The summed E-state index contributed by atoms with van der Waals surface area (Å²) in [5, 5.41) is 0. The van der Waals surface area contributed by atoms with Gasteiger partial charge in [0.25, 0.3) is 0 Å². The van der Waals surface area contributed by atoms with Crippen LogP contribution in [-0.4, -0.2) is 32.3 Å². The van der Waals surface area contributed by atoms with Gasteiger partial charge in [-0.05, 0) is 0 Å². The van der Waals surface area contributed by atoms with Crippen LogP contribution in [-0.2, 0) is 4.74 Å². The molecular formula is C12H11F5O3. The Morgan fingerprint density at radius 3 is 2.20 bits per heavy atom. The second-order valence-electron chi connectivity index (χ2n) is 3.81. The maximum absolute atomic E-state index is 13.5. The summed E-state index contributed by atoms with van der Waals surface area (Å²) in [6.45, 7) is -2.10. The lowest BCUT2D eigenvalue weighted by atomic mass is 10.1. The lowest BCUT2D eigenvalue weighted by Crippen LogP contribution is -2.18. The van der Waals surface area contributed by atoms with E-state index < -0.39 is 48.8 Å². The van der Waals surface area contributed by atoms with Crippen LogP contribution in [0.3, 0.4) is 0 Å². The highest BCUT2D eigenvalue weighted by Gasteiger charge is 2.27. The van der Waals surface area contributed by atoms with Gasteiger partial charge in [-0.1, -0.05) is 0 Å². The number of hydrogen-bond acceptors (Lipinski definition) is 3. The largest absolute Gasteiger partial charge is 0.497 e. The van der Waals surface area contributed by atoms with Crippen LogP contribution >= 0.6 is 0 Å². The van der Waals surface area contributed by atoms with Crippen LogP contribution in [0.1, 0.15) is 16.8 Å². The zero-order valence-electron chi connectivity index (χ0n) is 10.4. The first-order chi connectivity index (χ1) is 9.24. The van der Waals surface area contributed by atoms with Crippen molar-refractivity contribution in [3.63, 3.8) is 0 Å². The Hall–Kier alpha value is -1.70. The van der Waals surface area contributed by atoms with Gasteiger partial charge >= 0.3 is 6.18 Å². The monoisotopic (exact) mass is 298 g/mol. The predicted octanol–water partition coefficient (Wildman–Crippen LogP) is 3.13. The number of alkyl halides is 3. The van der Waals surface area contributed by atoms with Crippen LogP contribution in [0.4, 0.5) is 22.0 Å². The Morgan fingerprint density at radius 2 is 1.75 bits per heavy atom. The molecule has 1 rings (SSSR count). The Morgan fingerprint density at radius 1 is 1.20 bits per heavy atom. The third-order valence-corrected chi connectivity index (χ3v) is 2.27. The Balaban J connectivity index is 2.64. The Kier molecular flexibility index (Phi) is 5.43. The molecular weight excluding hydrogens is 287 g/mol. The van der Waals surface area contributed by atoms with Gasteiger partial charge in [0.1, 0.15) is 24.0 Å². The van der Waals surface area contributed by atoms with E-state index in [0.717, 1.165) is 12.1 Å². The van der Waals surface area contributed by atoms with Crippen molar-refractivity contribution in [1.29, 1.82) is 0 Å². The van der Waals surface area contributed by atoms with Gasteiger partial charge in [0.05, 0.1) is 19.3 Å². The third-order valence-electron chi connectivity index (χ3n) is 2.27. The van der Waals surface area contributed by atoms with Crippen LogP contribution in [0.5, 0.6) is 5.75 Å². The number of benzene rings is 1. The van der Waals surface area contributed by atoms with Crippen molar-refractivity contribution in [2.45, 2.75) is 12.6 Å². The van der Waals surface area contributed by atoms with E-state index in [1.54, 1.807) is 0 Å². The minimum absolute atomic E-state index is 0.107. The molecule has 0 atom stereocenters.